The fourth-order valence-corrected chi connectivity index (χ4v) is 2.17. The summed E-state index contributed by atoms with van der Waals surface area (Å²) < 4.78 is 0. The zero-order chi connectivity index (χ0) is 12.0. The van der Waals surface area contributed by atoms with E-state index in [1.807, 2.05) is 11.8 Å². The highest BCUT2D eigenvalue weighted by Crippen LogP contribution is 2.15. The summed E-state index contributed by atoms with van der Waals surface area (Å²) in [5.74, 6) is 0.0445. The van der Waals surface area contributed by atoms with E-state index >= 15 is 0 Å². The first-order valence-electron chi connectivity index (χ1n) is 6.10. The number of carbonyl (C=O) groups is 1. The Labute approximate surface area is 97.6 Å². The van der Waals surface area contributed by atoms with Crippen LogP contribution in [0.5, 0.6) is 0 Å². The summed E-state index contributed by atoms with van der Waals surface area (Å²) in [5.41, 5.74) is 0. The van der Waals surface area contributed by atoms with E-state index in [0.29, 0.717) is 6.54 Å². The lowest BCUT2D eigenvalue weighted by molar-refractivity contribution is -0.122. The lowest BCUT2D eigenvalue weighted by Gasteiger charge is -2.20. The van der Waals surface area contributed by atoms with E-state index < -0.39 is 0 Å². The lowest BCUT2D eigenvalue weighted by atomic mass is 10.2. The van der Waals surface area contributed by atoms with Crippen LogP contribution in [0, 0.1) is 11.3 Å². The summed E-state index contributed by atoms with van der Waals surface area (Å²) in [6.45, 7) is 5.36. The number of nitrogens with zero attached hydrogens (tertiary/aromatic N) is 2. The second-order valence-corrected chi connectivity index (χ2v) is 4.51. The van der Waals surface area contributed by atoms with Crippen molar-refractivity contribution in [2.24, 2.45) is 0 Å². The first kappa shape index (κ1) is 13.0. The third-order valence-electron chi connectivity index (χ3n) is 2.99. The number of rotatable bonds is 5. The van der Waals surface area contributed by atoms with Crippen LogP contribution in [-0.2, 0) is 4.79 Å². The van der Waals surface area contributed by atoms with Gasteiger partial charge in [0.25, 0.3) is 0 Å². The molecule has 1 saturated heterocycles. The molecule has 1 rings (SSSR count). The predicted molar refractivity (Wildman–Crippen MR) is 62.7 cm³/mol. The van der Waals surface area contributed by atoms with Crippen LogP contribution in [0.4, 0.5) is 0 Å². The van der Waals surface area contributed by atoms with Crippen molar-refractivity contribution in [1.29, 1.82) is 5.26 Å². The van der Waals surface area contributed by atoms with Gasteiger partial charge >= 0.3 is 0 Å². The van der Waals surface area contributed by atoms with Gasteiger partial charge in [-0.05, 0) is 26.2 Å². The van der Waals surface area contributed by atoms with Gasteiger partial charge in [-0.15, -0.1) is 0 Å². The Morgan fingerprint density at radius 2 is 2.44 bits per heavy atom. The largest absolute Gasteiger partial charge is 0.353 e. The summed E-state index contributed by atoms with van der Waals surface area (Å²) >= 11 is 0. The molecule has 0 bridgehead atoms. The molecule has 2 unspecified atom stereocenters. The molecule has 1 N–H and O–H groups in total. The van der Waals surface area contributed by atoms with Crippen LogP contribution >= 0.6 is 0 Å². The molecule has 1 aliphatic rings. The van der Waals surface area contributed by atoms with Crippen LogP contribution in [0.15, 0.2) is 0 Å². The van der Waals surface area contributed by atoms with Crippen molar-refractivity contribution in [3.05, 3.63) is 0 Å². The van der Waals surface area contributed by atoms with Crippen molar-refractivity contribution >= 4 is 5.91 Å². The van der Waals surface area contributed by atoms with Crippen LogP contribution in [0.25, 0.3) is 0 Å². The Morgan fingerprint density at radius 3 is 3.06 bits per heavy atom. The average Bonchev–Trinajstić information content (AvgIpc) is 2.65. The third kappa shape index (κ3) is 3.82. The average molecular weight is 223 g/mol. The predicted octanol–water partition coefficient (Wildman–Crippen LogP) is 1.28. The molecule has 4 heteroatoms. The van der Waals surface area contributed by atoms with E-state index in [1.54, 1.807) is 0 Å². The number of hydrogen-bond acceptors (Lipinski definition) is 3. The maximum atomic E-state index is 11.7. The quantitative estimate of drug-likeness (QED) is 0.764. The van der Waals surface area contributed by atoms with E-state index in [0.717, 1.165) is 32.2 Å². The van der Waals surface area contributed by atoms with Crippen molar-refractivity contribution in [2.75, 3.05) is 13.1 Å². The molecule has 0 radical (unpaired) electrons. The number of carbonyl (C=O) groups excluding carboxylic acids is 1. The fraction of sp³-hybridized carbons (Fsp3) is 0.833. The molecular formula is C12H21N3O. The molecule has 1 heterocycles. The van der Waals surface area contributed by atoms with E-state index in [-0.39, 0.29) is 18.0 Å². The normalized spacial score (nSPS) is 22.7. The summed E-state index contributed by atoms with van der Waals surface area (Å²) in [4.78, 5) is 13.6. The van der Waals surface area contributed by atoms with Gasteiger partial charge in [0, 0.05) is 12.6 Å². The minimum atomic E-state index is -0.0627. The van der Waals surface area contributed by atoms with Gasteiger partial charge in [-0.3, -0.25) is 9.69 Å². The molecule has 90 valence electrons. The van der Waals surface area contributed by atoms with E-state index in [9.17, 15) is 4.79 Å². The summed E-state index contributed by atoms with van der Waals surface area (Å²) in [7, 11) is 0. The minimum Gasteiger partial charge on any atom is -0.353 e. The highest BCUT2D eigenvalue weighted by molar-refractivity contribution is 5.78. The fourth-order valence-electron chi connectivity index (χ4n) is 2.17. The number of amides is 1. The zero-order valence-corrected chi connectivity index (χ0v) is 10.2. The number of nitriles is 1. The molecule has 0 spiro atoms. The van der Waals surface area contributed by atoms with Gasteiger partial charge in [0.15, 0.2) is 0 Å². The molecule has 0 saturated carbocycles. The molecule has 2 atom stereocenters. The maximum absolute atomic E-state index is 11.7. The molecule has 0 aromatic heterocycles. The summed E-state index contributed by atoms with van der Waals surface area (Å²) in [6, 6.07) is 2.42. The van der Waals surface area contributed by atoms with Gasteiger partial charge in [0.05, 0.1) is 18.7 Å². The van der Waals surface area contributed by atoms with Crippen molar-refractivity contribution in [2.45, 2.75) is 51.6 Å². The Balaban J connectivity index is 2.31. The smallest absolute Gasteiger partial charge is 0.234 e. The highest BCUT2D eigenvalue weighted by atomic mass is 16.2. The number of nitrogens with one attached hydrogen (secondary N) is 1. The summed E-state index contributed by atoms with van der Waals surface area (Å²) in [6.07, 6.45) is 4.00. The number of hydrogen-bond donors (Lipinski definition) is 1. The van der Waals surface area contributed by atoms with Crippen molar-refractivity contribution in [3.8, 4) is 6.07 Å². The Morgan fingerprint density at radius 1 is 1.69 bits per heavy atom. The standard InChI is InChI=1S/C12H21N3O/c1-3-5-10(2)14-12(16)9-15-7-4-6-11(15)8-13/h10-11H,3-7,9H2,1-2H3,(H,14,16). The Hall–Kier alpha value is -1.08. The van der Waals surface area contributed by atoms with Gasteiger partial charge in [0.1, 0.15) is 0 Å². The van der Waals surface area contributed by atoms with Gasteiger partial charge < -0.3 is 5.32 Å². The van der Waals surface area contributed by atoms with E-state index in [2.05, 4.69) is 18.3 Å². The van der Waals surface area contributed by atoms with Gasteiger partial charge in [0.2, 0.25) is 5.91 Å². The monoisotopic (exact) mass is 223 g/mol. The molecule has 0 aromatic carbocycles. The van der Waals surface area contributed by atoms with Gasteiger partial charge in [-0.25, -0.2) is 0 Å². The van der Waals surface area contributed by atoms with Crippen LogP contribution in [-0.4, -0.2) is 36.0 Å². The lowest BCUT2D eigenvalue weighted by Crippen LogP contribution is -2.42. The SMILES string of the molecule is CCCC(C)NC(=O)CN1CCCC1C#N. The first-order chi connectivity index (χ1) is 7.67. The molecule has 1 fully saturated rings. The topological polar surface area (TPSA) is 56.1 Å². The van der Waals surface area contributed by atoms with Crippen LogP contribution < -0.4 is 5.32 Å². The molecular weight excluding hydrogens is 202 g/mol. The van der Waals surface area contributed by atoms with Crippen LogP contribution in [0.1, 0.15) is 39.5 Å². The van der Waals surface area contributed by atoms with Gasteiger partial charge in [-0.2, -0.15) is 5.26 Å². The third-order valence-corrected chi connectivity index (χ3v) is 2.99. The first-order valence-corrected chi connectivity index (χ1v) is 6.10. The summed E-state index contributed by atoms with van der Waals surface area (Å²) in [5, 5.41) is 11.9. The minimum absolute atomic E-state index is 0.0445. The van der Waals surface area contributed by atoms with Crippen LogP contribution in [0.2, 0.25) is 0 Å². The highest BCUT2D eigenvalue weighted by Gasteiger charge is 2.25. The van der Waals surface area contributed by atoms with E-state index in [1.165, 1.54) is 0 Å². The molecule has 0 aliphatic carbocycles. The molecule has 1 aliphatic heterocycles. The molecule has 4 nitrogen and oxygen atoms in total. The molecule has 0 aromatic rings. The molecule has 1 amide bonds. The zero-order valence-electron chi connectivity index (χ0n) is 10.2. The second-order valence-electron chi connectivity index (χ2n) is 4.51. The van der Waals surface area contributed by atoms with Crippen LogP contribution in [0.3, 0.4) is 0 Å². The Bertz CT molecular complexity index is 272. The van der Waals surface area contributed by atoms with Crippen molar-refractivity contribution in [3.63, 3.8) is 0 Å². The van der Waals surface area contributed by atoms with Crippen molar-refractivity contribution in [1.82, 2.24) is 10.2 Å². The maximum Gasteiger partial charge on any atom is 0.234 e. The number of likely N-dealkylation sites (tertiary alicyclic amines) is 1. The van der Waals surface area contributed by atoms with Crippen molar-refractivity contribution < 1.29 is 4.79 Å². The van der Waals surface area contributed by atoms with Gasteiger partial charge in [-0.1, -0.05) is 13.3 Å². The van der Waals surface area contributed by atoms with E-state index in [4.69, 9.17) is 5.26 Å². The Kier molecular flexibility index (Phi) is 5.27. The molecule has 16 heavy (non-hydrogen) atoms. The second kappa shape index (κ2) is 6.49.